The summed E-state index contributed by atoms with van der Waals surface area (Å²) in [6, 6.07) is 10.7. The lowest BCUT2D eigenvalue weighted by Crippen LogP contribution is -2.39. The molecule has 0 bridgehead atoms. The van der Waals surface area contributed by atoms with Crippen molar-refractivity contribution in [2.45, 2.75) is 32.9 Å². The fourth-order valence-electron chi connectivity index (χ4n) is 3.51. The van der Waals surface area contributed by atoms with Crippen LogP contribution < -0.4 is 10.1 Å². The van der Waals surface area contributed by atoms with Crippen LogP contribution in [0.25, 0.3) is 0 Å². The third-order valence-corrected chi connectivity index (χ3v) is 5.29. The van der Waals surface area contributed by atoms with E-state index in [0.29, 0.717) is 36.4 Å². The van der Waals surface area contributed by atoms with Crippen LogP contribution in [0, 0.1) is 0 Å². The third kappa shape index (κ3) is 6.09. The zero-order valence-corrected chi connectivity index (χ0v) is 18.5. The van der Waals surface area contributed by atoms with Gasteiger partial charge in [-0.1, -0.05) is 6.07 Å². The highest BCUT2D eigenvalue weighted by Gasteiger charge is 2.22. The molecular formula is C24H26N2O7. The van der Waals surface area contributed by atoms with Crippen LogP contribution >= 0.6 is 0 Å². The van der Waals surface area contributed by atoms with Crippen molar-refractivity contribution in [3.63, 3.8) is 0 Å². The average molecular weight is 454 g/mol. The molecule has 0 spiro atoms. The standard InChI is InChI=1S/C24H26N2O7/c1-3-32-21(27)14-33-20-8-6-16(7-9-20)22(28)15(2)25-23(29)18-4-5-19-13-26(24(30)31)11-10-17(19)12-18/h4-9,12,15H,3,10-11,13-14H2,1-2H3,(H,25,29)(H,30,31). The molecule has 0 aromatic heterocycles. The van der Waals surface area contributed by atoms with Gasteiger partial charge in [-0.05, 0) is 67.8 Å². The van der Waals surface area contributed by atoms with E-state index in [1.165, 1.54) is 4.90 Å². The van der Waals surface area contributed by atoms with Crippen LogP contribution in [-0.4, -0.2) is 59.6 Å². The quantitative estimate of drug-likeness (QED) is 0.464. The first-order valence-electron chi connectivity index (χ1n) is 10.6. The molecular weight excluding hydrogens is 428 g/mol. The number of carboxylic acid groups (broad SMARTS) is 1. The molecule has 2 amide bonds. The number of hydrogen-bond donors (Lipinski definition) is 2. The second-order valence-corrected chi connectivity index (χ2v) is 7.62. The fraction of sp³-hybridized carbons (Fsp3) is 0.333. The number of carbonyl (C=O) groups is 4. The first-order valence-corrected chi connectivity index (χ1v) is 10.6. The van der Waals surface area contributed by atoms with E-state index in [1.54, 1.807) is 56.3 Å². The molecule has 3 rings (SSSR count). The number of nitrogens with one attached hydrogen (secondary N) is 1. The number of nitrogens with zero attached hydrogens (tertiary/aromatic N) is 1. The van der Waals surface area contributed by atoms with Crippen molar-refractivity contribution < 1.29 is 33.8 Å². The predicted molar refractivity (Wildman–Crippen MR) is 118 cm³/mol. The van der Waals surface area contributed by atoms with Crippen LogP contribution in [0.3, 0.4) is 0 Å². The molecule has 0 radical (unpaired) electrons. The van der Waals surface area contributed by atoms with E-state index in [1.807, 2.05) is 0 Å². The van der Waals surface area contributed by atoms with Gasteiger partial charge in [0.15, 0.2) is 12.4 Å². The molecule has 1 atom stereocenters. The van der Waals surface area contributed by atoms with Crippen molar-refractivity contribution in [1.82, 2.24) is 10.2 Å². The molecule has 0 saturated heterocycles. The molecule has 9 nitrogen and oxygen atoms in total. The van der Waals surface area contributed by atoms with Gasteiger partial charge in [-0.3, -0.25) is 9.59 Å². The highest BCUT2D eigenvalue weighted by Crippen LogP contribution is 2.21. The molecule has 0 saturated carbocycles. The maximum atomic E-state index is 12.7. The van der Waals surface area contributed by atoms with Gasteiger partial charge in [0.2, 0.25) is 0 Å². The van der Waals surface area contributed by atoms with Crippen LogP contribution in [0.1, 0.15) is 45.7 Å². The van der Waals surface area contributed by atoms with Crippen molar-refractivity contribution >= 4 is 23.8 Å². The number of benzene rings is 2. The van der Waals surface area contributed by atoms with Gasteiger partial charge in [0, 0.05) is 24.2 Å². The number of ether oxygens (including phenoxy) is 2. The zero-order valence-electron chi connectivity index (χ0n) is 18.5. The lowest BCUT2D eigenvalue weighted by Gasteiger charge is -2.26. The number of esters is 1. The largest absolute Gasteiger partial charge is 0.482 e. The number of rotatable bonds is 8. The number of hydrogen-bond acceptors (Lipinski definition) is 6. The minimum atomic E-state index is -0.964. The Labute approximate surface area is 191 Å². The van der Waals surface area contributed by atoms with Crippen LogP contribution in [-0.2, 0) is 22.5 Å². The summed E-state index contributed by atoms with van der Waals surface area (Å²) < 4.78 is 10.1. The number of Topliss-reactive ketones (excluding diaryl/α,β-unsaturated/α-hetero) is 1. The minimum Gasteiger partial charge on any atom is -0.482 e. The van der Waals surface area contributed by atoms with E-state index in [0.717, 1.165) is 11.1 Å². The van der Waals surface area contributed by atoms with Crippen molar-refractivity contribution in [3.8, 4) is 5.75 Å². The summed E-state index contributed by atoms with van der Waals surface area (Å²) in [5.74, 6) is -0.703. The summed E-state index contributed by atoms with van der Waals surface area (Å²) in [5.41, 5.74) is 2.61. The molecule has 1 unspecified atom stereocenters. The van der Waals surface area contributed by atoms with E-state index in [2.05, 4.69) is 5.32 Å². The Morgan fingerprint density at radius 2 is 1.76 bits per heavy atom. The third-order valence-electron chi connectivity index (χ3n) is 5.29. The summed E-state index contributed by atoms with van der Waals surface area (Å²) in [6.45, 7) is 4.03. The molecule has 2 aromatic carbocycles. The maximum Gasteiger partial charge on any atom is 0.407 e. The van der Waals surface area contributed by atoms with Crippen LogP contribution in [0.4, 0.5) is 4.79 Å². The highest BCUT2D eigenvalue weighted by atomic mass is 16.6. The zero-order chi connectivity index (χ0) is 24.0. The van der Waals surface area contributed by atoms with Crippen LogP contribution in [0.5, 0.6) is 5.75 Å². The Morgan fingerprint density at radius 1 is 1.06 bits per heavy atom. The monoisotopic (exact) mass is 454 g/mol. The van der Waals surface area contributed by atoms with Gasteiger partial charge in [-0.25, -0.2) is 9.59 Å². The first kappa shape index (κ1) is 23.8. The van der Waals surface area contributed by atoms with E-state index in [4.69, 9.17) is 14.6 Å². The Kier molecular flexibility index (Phi) is 7.66. The Bertz CT molecular complexity index is 1050. The number of carbonyl (C=O) groups excluding carboxylic acids is 3. The second kappa shape index (κ2) is 10.6. The van der Waals surface area contributed by atoms with Crippen LogP contribution in [0.2, 0.25) is 0 Å². The predicted octanol–water partition coefficient (Wildman–Crippen LogP) is 2.67. The normalized spacial score (nSPS) is 13.5. The molecule has 1 heterocycles. The Balaban J connectivity index is 1.58. The van der Waals surface area contributed by atoms with Crippen molar-refractivity contribution in [2.24, 2.45) is 0 Å². The Morgan fingerprint density at radius 3 is 2.42 bits per heavy atom. The summed E-state index contributed by atoms with van der Waals surface area (Å²) >= 11 is 0. The van der Waals surface area contributed by atoms with Gasteiger partial charge in [-0.2, -0.15) is 0 Å². The number of fused-ring (bicyclic) bond motifs is 1. The van der Waals surface area contributed by atoms with Gasteiger partial charge >= 0.3 is 12.1 Å². The van der Waals surface area contributed by atoms with Crippen molar-refractivity contribution in [2.75, 3.05) is 19.8 Å². The van der Waals surface area contributed by atoms with Gasteiger partial charge in [0.25, 0.3) is 5.91 Å². The van der Waals surface area contributed by atoms with Crippen LogP contribution in [0.15, 0.2) is 42.5 Å². The molecule has 9 heteroatoms. The maximum absolute atomic E-state index is 12.7. The number of ketones is 1. The average Bonchev–Trinajstić information content (AvgIpc) is 2.82. The minimum absolute atomic E-state index is 0.220. The smallest absolute Gasteiger partial charge is 0.407 e. The summed E-state index contributed by atoms with van der Waals surface area (Å²) in [6.07, 6.45) is -0.435. The molecule has 1 aliphatic heterocycles. The molecule has 174 valence electrons. The van der Waals surface area contributed by atoms with E-state index in [-0.39, 0.29) is 24.9 Å². The van der Waals surface area contributed by atoms with Gasteiger partial charge < -0.3 is 24.8 Å². The lowest BCUT2D eigenvalue weighted by molar-refractivity contribution is -0.145. The van der Waals surface area contributed by atoms with Crippen molar-refractivity contribution in [1.29, 1.82) is 0 Å². The van der Waals surface area contributed by atoms with E-state index in [9.17, 15) is 19.2 Å². The van der Waals surface area contributed by atoms with Gasteiger partial charge in [-0.15, -0.1) is 0 Å². The summed E-state index contributed by atoms with van der Waals surface area (Å²) in [5, 5.41) is 11.9. The van der Waals surface area contributed by atoms with E-state index >= 15 is 0 Å². The lowest BCUT2D eigenvalue weighted by atomic mass is 9.97. The topological polar surface area (TPSA) is 122 Å². The number of amides is 2. The SMILES string of the molecule is CCOC(=O)COc1ccc(C(=O)C(C)NC(=O)c2ccc3c(c2)CCN(C(=O)O)C3)cc1. The van der Waals surface area contributed by atoms with E-state index < -0.39 is 18.1 Å². The highest BCUT2D eigenvalue weighted by molar-refractivity contribution is 6.04. The summed E-state index contributed by atoms with van der Waals surface area (Å²) in [7, 11) is 0. The second-order valence-electron chi connectivity index (χ2n) is 7.62. The molecule has 0 aliphatic carbocycles. The Hall–Kier alpha value is -3.88. The summed E-state index contributed by atoms with van der Waals surface area (Å²) in [4.78, 5) is 49.2. The first-order chi connectivity index (χ1) is 15.8. The fourth-order valence-corrected chi connectivity index (χ4v) is 3.51. The van der Waals surface area contributed by atoms with Crippen molar-refractivity contribution in [3.05, 3.63) is 64.7 Å². The van der Waals surface area contributed by atoms with Gasteiger partial charge in [0.05, 0.1) is 12.6 Å². The molecule has 0 fully saturated rings. The molecule has 1 aliphatic rings. The molecule has 2 aromatic rings. The van der Waals surface area contributed by atoms with Gasteiger partial charge in [0.1, 0.15) is 5.75 Å². The molecule has 33 heavy (non-hydrogen) atoms. The molecule has 2 N–H and O–H groups in total.